The molecule has 2 aromatic carbocycles. The summed E-state index contributed by atoms with van der Waals surface area (Å²) in [5.41, 5.74) is 2.56. The van der Waals surface area contributed by atoms with E-state index in [4.69, 9.17) is 13.9 Å². The molecule has 7 nitrogen and oxygen atoms in total. The van der Waals surface area contributed by atoms with E-state index in [1.54, 1.807) is 42.5 Å². The number of aryl methyl sites for hydroxylation is 1. The lowest BCUT2D eigenvalue weighted by Gasteiger charge is -2.03. The van der Waals surface area contributed by atoms with Gasteiger partial charge in [0.1, 0.15) is 11.5 Å². The van der Waals surface area contributed by atoms with Gasteiger partial charge in [-0.25, -0.2) is 0 Å². The molecule has 0 saturated carbocycles. The molecule has 0 atom stereocenters. The van der Waals surface area contributed by atoms with Gasteiger partial charge in [0.2, 0.25) is 6.79 Å². The minimum absolute atomic E-state index is 0.00725. The van der Waals surface area contributed by atoms with Crippen molar-refractivity contribution in [1.82, 2.24) is 0 Å². The van der Waals surface area contributed by atoms with E-state index in [2.05, 4.69) is 6.07 Å². The maximum absolute atomic E-state index is 11.0. The second-order valence-electron chi connectivity index (χ2n) is 6.20. The van der Waals surface area contributed by atoms with E-state index < -0.39 is 4.92 Å². The van der Waals surface area contributed by atoms with Gasteiger partial charge < -0.3 is 13.9 Å². The average molecular weight is 374 g/mol. The number of rotatable bonds is 4. The Hall–Kier alpha value is -4.05. The summed E-state index contributed by atoms with van der Waals surface area (Å²) in [5.74, 6) is 2.19. The largest absolute Gasteiger partial charge is 0.457 e. The first kappa shape index (κ1) is 17.4. The van der Waals surface area contributed by atoms with Gasteiger partial charge in [-0.2, -0.15) is 5.26 Å². The molecule has 0 aliphatic carbocycles. The molecule has 1 aliphatic heterocycles. The van der Waals surface area contributed by atoms with Crippen LogP contribution in [-0.4, -0.2) is 11.7 Å². The van der Waals surface area contributed by atoms with Crippen LogP contribution in [0.5, 0.6) is 11.5 Å². The van der Waals surface area contributed by atoms with Crippen molar-refractivity contribution >= 4 is 17.3 Å². The summed E-state index contributed by atoms with van der Waals surface area (Å²) in [7, 11) is 0. The Morgan fingerprint density at radius 1 is 1.14 bits per heavy atom. The van der Waals surface area contributed by atoms with E-state index in [9.17, 15) is 15.4 Å². The van der Waals surface area contributed by atoms with Gasteiger partial charge in [-0.05, 0) is 54.5 Å². The monoisotopic (exact) mass is 374 g/mol. The van der Waals surface area contributed by atoms with Crippen molar-refractivity contribution in [2.75, 3.05) is 6.79 Å². The fourth-order valence-electron chi connectivity index (χ4n) is 2.95. The number of benzene rings is 2. The van der Waals surface area contributed by atoms with Crippen LogP contribution < -0.4 is 9.47 Å². The summed E-state index contributed by atoms with van der Waals surface area (Å²) in [5, 5.41) is 20.6. The van der Waals surface area contributed by atoms with Gasteiger partial charge in [-0.15, -0.1) is 0 Å². The Morgan fingerprint density at radius 3 is 2.75 bits per heavy atom. The molecule has 0 unspecified atom stereocenters. The predicted molar refractivity (Wildman–Crippen MR) is 102 cm³/mol. The second-order valence-corrected chi connectivity index (χ2v) is 6.20. The molecule has 0 amide bonds. The molecule has 0 saturated heterocycles. The van der Waals surface area contributed by atoms with Crippen molar-refractivity contribution in [3.05, 3.63) is 75.5 Å². The minimum Gasteiger partial charge on any atom is -0.457 e. The molecule has 0 fully saturated rings. The van der Waals surface area contributed by atoms with Crippen molar-refractivity contribution in [3.8, 4) is 28.9 Å². The van der Waals surface area contributed by atoms with Gasteiger partial charge in [0, 0.05) is 17.7 Å². The molecule has 0 spiro atoms. The molecule has 2 heterocycles. The van der Waals surface area contributed by atoms with Crippen LogP contribution in [0.15, 0.2) is 52.9 Å². The fourth-order valence-corrected chi connectivity index (χ4v) is 2.95. The Bertz CT molecular complexity index is 1150. The van der Waals surface area contributed by atoms with Gasteiger partial charge in [0.25, 0.3) is 5.69 Å². The maximum atomic E-state index is 11.0. The quantitative estimate of drug-likeness (QED) is 0.364. The number of nitrogens with zero attached hydrogens (tertiary/aromatic N) is 2. The minimum atomic E-state index is -0.444. The summed E-state index contributed by atoms with van der Waals surface area (Å²) in [6.07, 6.45) is 1.62. The SMILES string of the molecule is Cc1ccc([N+](=O)[O-])cc1-c1ccc(/C=C(/C#N)c2ccc3c(c2)OCO3)o1. The number of ether oxygens (including phenoxy) is 2. The van der Waals surface area contributed by atoms with E-state index in [1.165, 1.54) is 12.1 Å². The van der Waals surface area contributed by atoms with Gasteiger partial charge >= 0.3 is 0 Å². The summed E-state index contributed by atoms with van der Waals surface area (Å²) in [4.78, 5) is 10.6. The van der Waals surface area contributed by atoms with E-state index in [0.717, 1.165) is 5.56 Å². The number of furan rings is 1. The third-order valence-electron chi connectivity index (χ3n) is 4.41. The zero-order chi connectivity index (χ0) is 19.7. The Labute approximate surface area is 160 Å². The van der Waals surface area contributed by atoms with Crippen molar-refractivity contribution < 1.29 is 18.8 Å². The van der Waals surface area contributed by atoms with Gasteiger partial charge in [0.05, 0.1) is 16.6 Å². The lowest BCUT2D eigenvalue weighted by atomic mass is 10.1. The number of nitro benzene ring substituents is 1. The molecule has 0 N–H and O–H groups in total. The molecule has 138 valence electrons. The summed E-state index contributed by atoms with van der Waals surface area (Å²) < 4.78 is 16.5. The molecule has 4 rings (SSSR count). The number of hydrogen-bond donors (Lipinski definition) is 0. The highest BCUT2D eigenvalue weighted by atomic mass is 16.7. The van der Waals surface area contributed by atoms with E-state index in [0.29, 0.717) is 39.7 Å². The number of allylic oxidation sites excluding steroid dienone is 1. The first-order valence-corrected chi connectivity index (χ1v) is 8.42. The molecular weight excluding hydrogens is 360 g/mol. The zero-order valence-corrected chi connectivity index (χ0v) is 14.8. The van der Waals surface area contributed by atoms with Gasteiger partial charge in [-0.1, -0.05) is 6.07 Å². The van der Waals surface area contributed by atoms with Crippen LogP contribution in [-0.2, 0) is 0 Å². The Morgan fingerprint density at radius 2 is 1.96 bits per heavy atom. The summed E-state index contributed by atoms with van der Waals surface area (Å²) >= 11 is 0. The van der Waals surface area contributed by atoms with Crippen LogP contribution in [0.1, 0.15) is 16.9 Å². The maximum Gasteiger partial charge on any atom is 0.270 e. The van der Waals surface area contributed by atoms with Crippen molar-refractivity contribution in [2.45, 2.75) is 6.92 Å². The van der Waals surface area contributed by atoms with Gasteiger partial charge in [0.15, 0.2) is 11.5 Å². The third kappa shape index (κ3) is 3.19. The van der Waals surface area contributed by atoms with Crippen LogP contribution in [0.25, 0.3) is 23.0 Å². The van der Waals surface area contributed by atoms with Crippen LogP contribution in [0.2, 0.25) is 0 Å². The average Bonchev–Trinajstić information content (AvgIpc) is 3.35. The number of hydrogen-bond acceptors (Lipinski definition) is 6. The predicted octanol–water partition coefficient (Wildman–Crippen LogP) is 4.96. The normalized spacial score (nSPS) is 12.6. The molecule has 28 heavy (non-hydrogen) atoms. The zero-order valence-electron chi connectivity index (χ0n) is 14.8. The summed E-state index contributed by atoms with van der Waals surface area (Å²) in [6.45, 7) is 2.01. The standard InChI is InChI=1S/C21H14N2O5/c1-13-2-4-16(23(24)25)10-18(13)19-7-5-17(28-19)8-15(11-22)14-3-6-20-21(9-14)27-12-26-20/h2-10H,12H2,1H3/b15-8-. The Balaban J connectivity index is 1.68. The molecule has 7 heteroatoms. The van der Waals surface area contributed by atoms with Crippen LogP contribution in [0.3, 0.4) is 0 Å². The first-order chi connectivity index (χ1) is 13.5. The highest BCUT2D eigenvalue weighted by Gasteiger charge is 2.16. The highest BCUT2D eigenvalue weighted by molar-refractivity contribution is 5.89. The Kier molecular flexibility index (Phi) is 4.30. The lowest BCUT2D eigenvalue weighted by molar-refractivity contribution is -0.384. The van der Waals surface area contributed by atoms with Crippen LogP contribution in [0.4, 0.5) is 5.69 Å². The van der Waals surface area contributed by atoms with Crippen LogP contribution >= 0.6 is 0 Å². The summed E-state index contributed by atoms with van der Waals surface area (Å²) in [6, 6.07) is 15.5. The molecular formula is C21H14N2O5. The van der Waals surface area contributed by atoms with Crippen LogP contribution in [0, 0.1) is 28.4 Å². The van der Waals surface area contributed by atoms with E-state index >= 15 is 0 Å². The highest BCUT2D eigenvalue weighted by Crippen LogP contribution is 2.35. The van der Waals surface area contributed by atoms with Crippen molar-refractivity contribution in [1.29, 1.82) is 5.26 Å². The number of nitro groups is 1. The molecule has 0 bridgehead atoms. The third-order valence-corrected chi connectivity index (χ3v) is 4.41. The lowest BCUT2D eigenvalue weighted by Crippen LogP contribution is -1.92. The molecule has 0 radical (unpaired) electrons. The number of fused-ring (bicyclic) bond motifs is 1. The van der Waals surface area contributed by atoms with E-state index in [-0.39, 0.29) is 12.5 Å². The first-order valence-electron chi connectivity index (χ1n) is 8.42. The number of nitriles is 1. The topological polar surface area (TPSA) is 98.5 Å². The van der Waals surface area contributed by atoms with E-state index in [1.807, 2.05) is 6.92 Å². The van der Waals surface area contributed by atoms with Crippen molar-refractivity contribution in [2.24, 2.45) is 0 Å². The van der Waals surface area contributed by atoms with Crippen molar-refractivity contribution in [3.63, 3.8) is 0 Å². The molecule has 1 aromatic heterocycles. The fraction of sp³-hybridized carbons (Fsp3) is 0.0952. The van der Waals surface area contributed by atoms with Gasteiger partial charge in [-0.3, -0.25) is 10.1 Å². The molecule has 1 aliphatic rings. The second kappa shape index (κ2) is 6.93. The molecule has 3 aromatic rings. The smallest absolute Gasteiger partial charge is 0.270 e. The number of non-ortho nitro benzene ring substituents is 1.